The molecule has 0 N–H and O–H groups in total. The Bertz CT molecular complexity index is 1750. The van der Waals surface area contributed by atoms with Crippen molar-refractivity contribution in [2.75, 3.05) is 0 Å². The molecule has 2 aromatic rings. The van der Waals surface area contributed by atoms with Gasteiger partial charge in [-0.3, -0.25) is 0 Å². The van der Waals surface area contributed by atoms with Crippen LogP contribution in [0.2, 0.25) is 24.2 Å². The Morgan fingerprint density at radius 2 is 0.746 bits per heavy atom. The summed E-state index contributed by atoms with van der Waals surface area (Å²) in [6.45, 7) is 20.7. The number of hydrogen-bond donors (Lipinski definition) is 0. The first-order valence-corrected chi connectivity index (χ1v) is 31.4. The maximum atomic E-state index is 3.13. The SMILES string of the molecule is CC(C)(C)c1ccc(C2CCCC3C2CC(CC24CC5CC(CC(C5)C2)C4)C3[Si](C)(C)C2C(CC34CC5CC(CC(C5)C3)C4)CC3C(c4ccc(C(C)(C)C)cc4)CCCC32)cc1. The smallest absolute Gasteiger partial charge is 0.0547 e. The highest BCUT2D eigenvalue weighted by Crippen LogP contribution is 2.73. The molecule has 63 heavy (non-hydrogen) atoms. The molecule has 8 bridgehead atoms. The van der Waals surface area contributed by atoms with E-state index in [9.17, 15) is 0 Å². The van der Waals surface area contributed by atoms with E-state index in [2.05, 4.69) is 103 Å². The van der Waals surface area contributed by atoms with E-state index in [-0.39, 0.29) is 10.8 Å². The molecule has 0 nitrogen and oxygen atoms in total. The third-order valence-electron chi connectivity index (χ3n) is 23.2. The van der Waals surface area contributed by atoms with Crippen molar-refractivity contribution in [2.45, 2.75) is 230 Å². The zero-order valence-electron chi connectivity index (χ0n) is 41.9. The number of benzene rings is 2. The summed E-state index contributed by atoms with van der Waals surface area (Å²) in [7, 11) is -1.78. The van der Waals surface area contributed by atoms with E-state index in [4.69, 9.17) is 0 Å². The molecule has 2 aromatic carbocycles. The van der Waals surface area contributed by atoms with Crippen molar-refractivity contribution >= 4 is 8.07 Å². The van der Waals surface area contributed by atoms with Crippen LogP contribution in [0, 0.1) is 81.8 Å². The molecular weight excluding hydrogens is 773 g/mol. The molecule has 0 amide bonds. The standard InChI is InChI=1S/C62H92Si/c1-59(2,3)49-19-15-45(16-20-49)51-11-9-13-53-55(51)29-47(37-61-31-39-23-40(32-61)25-41(24-39)33-61)57(53)63(7,8)58-48(38-62-34-42-26-43(35-62)28-44(27-42)36-62)30-56-52(12-10-14-54(56)58)46-17-21-50(22-18-46)60(4,5)6/h15-22,39-44,47-48,51-58H,9-14,23-38H2,1-8H3. The molecule has 12 aliphatic carbocycles. The summed E-state index contributed by atoms with van der Waals surface area (Å²) in [5.41, 5.74) is 10.4. The lowest BCUT2D eigenvalue weighted by Crippen LogP contribution is -2.51. The quantitative estimate of drug-likeness (QED) is 0.232. The van der Waals surface area contributed by atoms with Crippen LogP contribution in [0.15, 0.2) is 48.5 Å². The van der Waals surface area contributed by atoms with Crippen LogP contribution < -0.4 is 0 Å². The van der Waals surface area contributed by atoms with Crippen LogP contribution in [0.25, 0.3) is 0 Å². The van der Waals surface area contributed by atoms with E-state index in [1.54, 1.807) is 127 Å². The topological polar surface area (TPSA) is 0 Å². The number of fused-ring (bicyclic) bond motifs is 2. The zero-order valence-corrected chi connectivity index (χ0v) is 42.9. The van der Waals surface area contributed by atoms with Crippen LogP contribution in [-0.2, 0) is 10.8 Å². The molecule has 344 valence electrons. The van der Waals surface area contributed by atoms with Gasteiger partial charge >= 0.3 is 0 Å². The number of rotatable bonds is 8. The van der Waals surface area contributed by atoms with Crippen molar-refractivity contribution in [2.24, 2.45) is 81.8 Å². The zero-order chi connectivity index (χ0) is 43.3. The lowest BCUT2D eigenvalue weighted by Gasteiger charge is -2.59. The lowest BCUT2D eigenvalue weighted by atomic mass is 9.48. The van der Waals surface area contributed by atoms with Gasteiger partial charge in [0.15, 0.2) is 0 Å². The van der Waals surface area contributed by atoms with Crippen molar-refractivity contribution in [3.63, 3.8) is 0 Å². The molecule has 0 aromatic heterocycles. The van der Waals surface area contributed by atoms with Gasteiger partial charge in [0.1, 0.15) is 0 Å². The van der Waals surface area contributed by atoms with Crippen LogP contribution in [0.5, 0.6) is 0 Å². The average molecular weight is 866 g/mol. The first-order chi connectivity index (χ1) is 30.0. The summed E-state index contributed by atoms with van der Waals surface area (Å²) in [6, 6.07) is 20.7. The normalized spacial score (nSPS) is 46.3. The third kappa shape index (κ3) is 7.51. The van der Waals surface area contributed by atoms with Gasteiger partial charge in [0, 0.05) is 0 Å². The second-order valence-corrected chi connectivity index (χ2v) is 34.6. The van der Waals surface area contributed by atoms with E-state index in [0.29, 0.717) is 10.8 Å². The molecule has 0 radical (unpaired) electrons. The Kier molecular flexibility index (Phi) is 10.5. The summed E-state index contributed by atoms with van der Waals surface area (Å²) in [5.74, 6) is 13.9. The maximum Gasteiger partial charge on any atom is 0.0547 e. The molecule has 14 rings (SSSR count). The molecule has 1 heteroatoms. The molecule has 12 saturated carbocycles. The van der Waals surface area contributed by atoms with Crippen LogP contribution in [-0.4, -0.2) is 8.07 Å². The van der Waals surface area contributed by atoms with Crippen LogP contribution >= 0.6 is 0 Å². The van der Waals surface area contributed by atoms with Gasteiger partial charge < -0.3 is 0 Å². The molecule has 12 aliphatic rings. The van der Waals surface area contributed by atoms with E-state index in [1.807, 2.05) is 0 Å². The van der Waals surface area contributed by atoms with E-state index in [0.717, 1.165) is 93.9 Å². The van der Waals surface area contributed by atoms with Gasteiger partial charge in [-0.1, -0.05) is 129 Å². The fourth-order valence-electron chi connectivity index (χ4n) is 22.3. The average Bonchev–Trinajstić information content (AvgIpc) is 3.77. The predicted molar refractivity (Wildman–Crippen MR) is 269 cm³/mol. The minimum absolute atomic E-state index is 0.227. The van der Waals surface area contributed by atoms with Crippen molar-refractivity contribution < 1.29 is 0 Å². The number of hydrogen-bond acceptors (Lipinski definition) is 0. The van der Waals surface area contributed by atoms with Gasteiger partial charge in [0.25, 0.3) is 0 Å². The van der Waals surface area contributed by atoms with Gasteiger partial charge in [-0.05, 0) is 253 Å². The Balaban J connectivity index is 0.921. The fraction of sp³-hybridized carbons (Fsp3) is 0.806. The van der Waals surface area contributed by atoms with Crippen molar-refractivity contribution in [1.82, 2.24) is 0 Å². The highest BCUT2D eigenvalue weighted by atomic mass is 28.3. The highest BCUT2D eigenvalue weighted by molar-refractivity contribution is 6.80. The fourth-order valence-corrected chi connectivity index (χ4v) is 28.7. The van der Waals surface area contributed by atoms with Crippen molar-refractivity contribution in [1.29, 1.82) is 0 Å². The van der Waals surface area contributed by atoms with Gasteiger partial charge in [-0.15, -0.1) is 0 Å². The highest BCUT2D eigenvalue weighted by Gasteiger charge is 2.64. The summed E-state index contributed by atoms with van der Waals surface area (Å²) >= 11 is 0. The molecule has 12 fully saturated rings. The minimum atomic E-state index is -1.78. The Labute approximate surface area is 388 Å². The lowest BCUT2D eigenvalue weighted by molar-refractivity contribution is -0.0660. The van der Waals surface area contributed by atoms with E-state index in [1.165, 1.54) is 36.8 Å². The first-order valence-electron chi connectivity index (χ1n) is 28.2. The van der Waals surface area contributed by atoms with Crippen molar-refractivity contribution in [3.8, 4) is 0 Å². The Morgan fingerprint density at radius 1 is 0.429 bits per heavy atom. The van der Waals surface area contributed by atoms with Crippen LogP contribution in [0.4, 0.5) is 0 Å². The van der Waals surface area contributed by atoms with Gasteiger partial charge in [0.2, 0.25) is 0 Å². The van der Waals surface area contributed by atoms with E-state index < -0.39 is 8.07 Å². The molecule has 10 unspecified atom stereocenters. The maximum absolute atomic E-state index is 3.13. The third-order valence-corrected chi connectivity index (χ3v) is 28.4. The summed E-state index contributed by atoms with van der Waals surface area (Å²) in [5, 5.41) is 0. The summed E-state index contributed by atoms with van der Waals surface area (Å²) < 4.78 is 0. The predicted octanol–water partition coefficient (Wildman–Crippen LogP) is 17.7. The Hall–Kier alpha value is -1.34. The monoisotopic (exact) mass is 865 g/mol. The first kappa shape index (κ1) is 43.0. The van der Waals surface area contributed by atoms with Crippen LogP contribution in [0.3, 0.4) is 0 Å². The second-order valence-electron chi connectivity index (χ2n) is 29.6. The molecule has 0 saturated heterocycles. The minimum Gasteiger partial charge on any atom is -0.0689 e. The van der Waals surface area contributed by atoms with Gasteiger partial charge in [-0.2, -0.15) is 0 Å². The Morgan fingerprint density at radius 3 is 1.05 bits per heavy atom. The van der Waals surface area contributed by atoms with Gasteiger partial charge in [-0.25, -0.2) is 0 Å². The van der Waals surface area contributed by atoms with Crippen molar-refractivity contribution in [3.05, 3.63) is 70.8 Å². The summed E-state index contributed by atoms with van der Waals surface area (Å²) in [6.07, 6.45) is 34.8. The molecule has 0 heterocycles. The molecular formula is C62H92Si. The van der Waals surface area contributed by atoms with Gasteiger partial charge in [0.05, 0.1) is 8.07 Å². The second kappa shape index (κ2) is 15.3. The van der Waals surface area contributed by atoms with E-state index >= 15 is 0 Å². The molecule has 0 aliphatic heterocycles. The summed E-state index contributed by atoms with van der Waals surface area (Å²) in [4.78, 5) is 0. The molecule has 10 atom stereocenters. The van der Waals surface area contributed by atoms with Crippen LogP contribution in [0.1, 0.15) is 217 Å². The largest absolute Gasteiger partial charge is 0.0689 e. The molecule has 0 spiro atoms.